The van der Waals surface area contributed by atoms with E-state index in [1.54, 1.807) is 17.8 Å². The maximum absolute atomic E-state index is 9.29. The maximum atomic E-state index is 9.29. The van der Waals surface area contributed by atoms with E-state index in [0.29, 0.717) is 0 Å². The molecule has 1 aromatic rings. The SMILES string of the molecule is CNC(C)(CO)CCCCSc1cc(Cl)ccc1Cl. The number of halogens is 2. The smallest absolute Gasteiger partial charge is 0.0610 e. The number of nitrogens with one attached hydrogen (secondary N) is 1. The van der Waals surface area contributed by atoms with Crippen LogP contribution in [-0.2, 0) is 0 Å². The zero-order valence-corrected chi connectivity index (χ0v) is 13.7. The van der Waals surface area contributed by atoms with Crippen molar-refractivity contribution in [3.05, 3.63) is 28.2 Å². The average molecular weight is 322 g/mol. The Balaban J connectivity index is 2.29. The number of aliphatic hydroxyl groups excluding tert-OH is 1. The lowest BCUT2D eigenvalue weighted by Crippen LogP contribution is -2.43. The average Bonchev–Trinajstić information content (AvgIpc) is 2.42. The second kappa shape index (κ2) is 8.38. The number of thioether (sulfide) groups is 1. The number of aliphatic hydroxyl groups is 1. The van der Waals surface area contributed by atoms with Crippen molar-refractivity contribution in [1.29, 1.82) is 0 Å². The van der Waals surface area contributed by atoms with Gasteiger partial charge in [0, 0.05) is 15.5 Å². The van der Waals surface area contributed by atoms with Gasteiger partial charge in [0.25, 0.3) is 0 Å². The van der Waals surface area contributed by atoms with Gasteiger partial charge in [-0.15, -0.1) is 11.8 Å². The molecule has 0 saturated carbocycles. The third-order valence-corrected chi connectivity index (χ3v) is 5.04. The van der Waals surface area contributed by atoms with Crippen LogP contribution >= 0.6 is 35.0 Å². The molecule has 0 aliphatic rings. The molecule has 2 N–H and O–H groups in total. The Labute approximate surface area is 129 Å². The van der Waals surface area contributed by atoms with Crippen LogP contribution in [0.4, 0.5) is 0 Å². The fourth-order valence-electron chi connectivity index (χ4n) is 1.67. The van der Waals surface area contributed by atoms with E-state index in [2.05, 4.69) is 5.32 Å². The van der Waals surface area contributed by atoms with E-state index < -0.39 is 0 Å². The Morgan fingerprint density at radius 3 is 2.68 bits per heavy atom. The highest BCUT2D eigenvalue weighted by Crippen LogP contribution is 2.30. The van der Waals surface area contributed by atoms with Crippen LogP contribution in [0.2, 0.25) is 10.0 Å². The molecule has 5 heteroatoms. The van der Waals surface area contributed by atoms with Crippen LogP contribution in [0, 0.1) is 0 Å². The largest absolute Gasteiger partial charge is 0.394 e. The van der Waals surface area contributed by atoms with Gasteiger partial charge in [-0.2, -0.15) is 0 Å². The molecule has 0 heterocycles. The van der Waals surface area contributed by atoms with Crippen LogP contribution in [0.25, 0.3) is 0 Å². The van der Waals surface area contributed by atoms with Crippen LogP contribution in [0.3, 0.4) is 0 Å². The standard InChI is InChI=1S/C14H21Cl2NOS/c1-14(10-18,17-2)7-3-4-8-19-13-9-11(15)5-6-12(13)16/h5-6,9,17-18H,3-4,7-8,10H2,1-2H3. The number of hydrogen-bond acceptors (Lipinski definition) is 3. The Morgan fingerprint density at radius 2 is 2.05 bits per heavy atom. The first-order chi connectivity index (χ1) is 9.00. The molecule has 0 bridgehead atoms. The molecule has 0 aliphatic heterocycles. The Bertz CT molecular complexity index is 397. The van der Waals surface area contributed by atoms with E-state index in [0.717, 1.165) is 40.0 Å². The van der Waals surface area contributed by atoms with Gasteiger partial charge in [0.15, 0.2) is 0 Å². The minimum atomic E-state index is -0.168. The van der Waals surface area contributed by atoms with E-state index in [9.17, 15) is 5.11 Å². The molecule has 0 aliphatic carbocycles. The van der Waals surface area contributed by atoms with Gasteiger partial charge in [-0.1, -0.05) is 29.6 Å². The third-order valence-electron chi connectivity index (χ3n) is 3.23. The van der Waals surface area contributed by atoms with Crippen molar-refractivity contribution in [1.82, 2.24) is 5.32 Å². The van der Waals surface area contributed by atoms with Gasteiger partial charge in [0.1, 0.15) is 0 Å². The molecule has 0 spiro atoms. The summed E-state index contributed by atoms with van der Waals surface area (Å²) in [4.78, 5) is 1.03. The molecule has 1 aromatic carbocycles. The first kappa shape index (κ1) is 17.1. The normalized spacial score (nSPS) is 14.4. The lowest BCUT2D eigenvalue weighted by atomic mass is 9.96. The third kappa shape index (κ3) is 5.92. The van der Waals surface area contributed by atoms with Crippen molar-refractivity contribution in [3.63, 3.8) is 0 Å². The number of likely N-dealkylation sites (N-methyl/N-ethyl adjacent to an activating group) is 1. The molecule has 1 unspecified atom stereocenters. The van der Waals surface area contributed by atoms with Gasteiger partial charge >= 0.3 is 0 Å². The monoisotopic (exact) mass is 321 g/mol. The van der Waals surface area contributed by atoms with Crippen molar-refractivity contribution in [3.8, 4) is 0 Å². The summed E-state index contributed by atoms with van der Waals surface area (Å²) in [6, 6.07) is 5.53. The zero-order chi connectivity index (χ0) is 14.3. The summed E-state index contributed by atoms with van der Waals surface area (Å²) in [6.07, 6.45) is 3.12. The molecule has 19 heavy (non-hydrogen) atoms. The molecular weight excluding hydrogens is 301 g/mol. The first-order valence-electron chi connectivity index (χ1n) is 6.38. The summed E-state index contributed by atoms with van der Waals surface area (Å²) in [7, 11) is 1.89. The molecular formula is C14H21Cl2NOS. The fourth-order valence-corrected chi connectivity index (χ4v) is 3.17. The molecule has 0 radical (unpaired) electrons. The molecule has 0 fully saturated rings. The van der Waals surface area contributed by atoms with Gasteiger partial charge in [0.2, 0.25) is 0 Å². The van der Waals surface area contributed by atoms with Crippen molar-refractivity contribution < 1.29 is 5.11 Å². The van der Waals surface area contributed by atoms with E-state index in [4.69, 9.17) is 23.2 Å². The molecule has 2 nitrogen and oxygen atoms in total. The Kier molecular flexibility index (Phi) is 7.55. The highest BCUT2D eigenvalue weighted by molar-refractivity contribution is 7.99. The summed E-state index contributed by atoms with van der Waals surface area (Å²) in [5, 5.41) is 13.9. The molecule has 108 valence electrons. The number of unbranched alkanes of at least 4 members (excludes halogenated alkanes) is 1. The lowest BCUT2D eigenvalue weighted by molar-refractivity contribution is 0.171. The van der Waals surface area contributed by atoms with Crippen LogP contribution in [0.1, 0.15) is 26.2 Å². The highest BCUT2D eigenvalue weighted by atomic mass is 35.5. The number of benzene rings is 1. The van der Waals surface area contributed by atoms with Crippen LogP contribution in [-0.4, -0.2) is 30.1 Å². The molecule has 0 aromatic heterocycles. The fraction of sp³-hybridized carbons (Fsp3) is 0.571. The summed E-state index contributed by atoms with van der Waals surface area (Å²) >= 11 is 13.8. The number of rotatable bonds is 8. The van der Waals surface area contributed by atoms with E-state index in [-0.39, 0.29) is 12.1 Å². The predicted molar refractivity (Wildman–Crippen MR) is 85.6 cm³/mol. The molecule has 1 atom stereocenters. The molecule has 1 rings (SSSR count). The van der Waals surface area contributed by atoms with Gasteiger partial charge in [-0.25, -0.2) is 0 Å². The quantitative estimate of drug-likeness (QED) is 0.555. The first-order valence-corrected chi connectivity index (χ1v) is 8.12. The van der Waals surface area contributed by atoms with Crippen molar-refractivity contribution in [2.24, 2.45) is 0 Å². The number of hydrogen-bond donors (Lipinski definition) is 2. The maximum Gasteiger partial charge on any atom is 0.0610 e. The lowest BCUT2D eigenvalue weighted by Gasteiger charge is -2.26. The Morgan fingerprint density at radius 1 is 1.32 bits per heavy atom. The predicted octanol–water partition coefficient (Wildman–Crippen LogP) is 4.23. The minimum absolute atomic E-state index is 0.163. The molecule has 0 amide bonds. The van der Waals surface area contributed by atoms with Crippen molar-refractivity contribution in [2.75, 3.05) is 19.4 Å². The van der Waals surface area contributed by atoms with Gasteiger partial charge < -0.3 is 10.4 Å². The van der Waals surface area contributed by atoms with Gasteiger partial charge in [-0.05, 0) is 50.8 Å². The van der Waals surface area contributed by atoms with Crippen LogP contribution in [0.15, 0.2) is 23.1 Å². The Hall–Kier alpha value is 0.0700. The summed E-state index contributed by atoms with van der Waals surface area (Å²) in [5.41, 5.74) is -0.168. The van der Waals surface area contributed by atoms with Crippen LogP contribution in [0.5, 0.6) is 0 Å². The summed E-state index contributed by atoms with van der Waals surface area (Å²) in [6.45, 7) is 2.20. The minimum Gasteiger partial charge on any atom is -0.394 e. The topological polar surface area (TPSA) is 32.3 Å². The second-order valence-corrected chi connectivity index (χ2v) is 6.83. The van der Waals surface area contributed by atoms with Crippen LogP contribution < -0.4 is 5.32 Å². The highest BCUT2D eigenvalue weighted by Gasteiger charge is 2.19. The zero-order valence-electron chi connectivity index (χ0n) is 11.4. The summed E-state index contributed by atoms with van der Waals surface area (Å²) < 4.78 is 0. The second-order valence-electron chi connectivity index (χ2n) is 4.85. The molecule has 0 saturated heterocycles. The van der Waals surface area contributed by atoms with E-state index in [1.165, 1.54) is 0 Å². The van der Waals surface area contributed by atoms with Crippen molar-refractivity contribution >= 4 is 35.0 Å². The summed E-state index contributed by atoms with van der Waals surface area (Å²) in [5.74, 6) is 1.01. The van der Waals surface area contributed by atoms with E-state index >= 15 is 0 Å². The van der Waals surface area contributed by atoms with Gasteiger partial charge in [-0.3, -0.25) is 0 Å². The van der Waals surface area contributed by atoms with Gasteiger partial charge in [0.05, 0.1) is 11.6 Å². The van der Waals surface area contributed by atoms with E-state index in [1.807, 2.05) is 26.1 Å². The van der Waals surface area contributed by atoms with Crippen molar-refractivity contribution in [2.45, 2.75) is 36.6 Å².